The molecule has 9 nitrogen and oxygen atoms in total. The van der Waals surface area contributed by atoms with E-state index in [-0.39, 0.29) is 24.8 Å². The highest BCUT2D eigenvalue weighted by Crippen LogP contribution is 2.30. The van der Waals surface area contributed by atoms with Gasteiger partial charge in [-0.05, 0) is 66.8 Å². The third-order valence-electron chi connectivity index (χ3n) is 7.60. The Labute approximate surface area is 239 Å². The lowest BCUT2D eigenvalue weighted by Gasteiger charge is -2.19. The van der Waals surface area contributed by atoms with Crippen LogP contribution in [0.25, 0.3) is 11.0 Å². The maximum Gasteiger partial charge on any atom is 0.257 e. The van der Waals surface area contributed by atoms with Crippen LogP contribution in [0.5, 0.6) is 5.75 Å². The summed E-state index contributed by atoms with van der Waals surface area (Å²) in [6.07, 6.45) is 5.22. The quantitative estimate of drug-likeness (QED) is 0.262. The van der Waals surface area contributed by atoms with E-state index in [1.165, 1.54) is 12.8 Å². The molecule has 1 aliphatic carbocycles. The molecular formula is C32H35N5O4. The second-order valence-corrected chi connectivity index (χ2v) is 10.5. The van der Waals surface area contributed by atoms with Crippen LogP contribution in [0.2, 0.25) is 0 Å². The topological polar surface area (TPSA) is 120 Å². The summed E-state index contributed by atoms with van der Waals surface area (Å²) in [4.78, 5) is 44.0. The number of nitrogens with two attached hydrogens (primary N) is 1. The number of aryl methyl sites for hydroxylation is 1. The summed E-state index contributed by atoms with van der Waals surface area (Å²) >= 11 is 0. The third kappa shape index (κ3) is 6.92. The van der Waals surface area contributed by atoms with Crippen LogP contribution in [0.15, 0.2) is 72.8 Å². The van der Waals surface area contributed by atoms with E-state index in [9.17, 15) is 14.4 Å². The van der Waals surface area contributed by atoms with Gasteiger partial charge in [-0.1, -0.05) is 43.2 Å². The molecule has 41 heavy (non-hydrogen) atoms. The van der Waals surface area contributed by atoms with Crippen LogP contribution in [0.3, 0.4) is 0 Å². The summed E-state index contributed by atoms with van der Waals surface area (Å²) in [6.45, 7) is 0.684. The summed E-state index contributed by atoms with van der Waals surface area (Å²) in [5, 5.41) is 2.88. The molecule has 3 aromatic carbocycles. The number of hydrogen-bond acceptors (Lipinski definition) is 5. The fourth-order valence-electron chi connectivity index (χ4n) is 5.23. The van der Waals surface area contributed by atoms with Gasteiger partial charge in [0.15, 0.2) is 0 Å². The number of nitrogens with one attached hydrogen (secondary N) is 1. The molecular weight excluding hydrogens is 518 g/mol. The lowest BCUT2D eigenvalue weighted by molar-refractivity contribution is -0.119. The van der Waals surface area contributed by atoms with Crippen LogP contribution in [-0.4, -0.2) is 34.3 Å². The van der Waals surface area contributed by atoms with E-state index in [1.807, 2.05) is 48.5 Å². The van der Waals surface area contributed by atoms with Gasteiger partial charge in [0.25, 0.3) is 5.91 Å². The van der Waals surface area contributed by atoms with Gasteiger partial charge in [0.1, 0.15) is 12.4 Å². The Bertz CT molecular complexity index is 1530. The lowest BCUT2D eigenvalue weighted by Crippen LogP contribution is -2.27. The van der Waals surface area contributed by atoms with Gasteiger partial charge in [0, 0.05) is 37.7 Å². The van der Waals surface area contributed by atoms with Gasteiger partial charge in [-0.3, -0.25) is 19.7 Å². The van der Waals surface area contributed by atoms with Gasteiger partial charge in [0.2, 0.25) is 17.8 Å². The van der Waals surface area contributed by atoms with Crippen LogP contribution in [-0.2, 0) is 22.7 Å². The number of rotatable bonds is 11. The van der Waals surface area contributed by atoms with Crippen molar-refractivity contribution in [1.29, 1.82) is 0 Å². The highest BCUT2D eigenvalue weighted by Gasteiger charge is 2.22. The lowest BCUT2D eigenvalue weighted by atomic mass is 10.0. The van der Waals surface area contributed by atoms with Crippen molar-refractivity contribution in [3.63, 3.8) is 0 Å². The molecule has 4 aromatic rings. The van der Waals surface area contributed by atoms with Crippen molar-refractivity contribution in [2.75, 3.05) is 17.3 Å². The van der Waals surface area contributed by atoms with Gasteiger partial charge in [-0.2, -0.15) is 0 Å². The molecule has 1 aliphatic rings. The van der Waals surface area contributed by atoms with Crippen molar-refractivity contribution in [3.8, 4) is 5.75 Å². The molecule has 212 valence electrons. The maximum atomic E-state index is 13.2. The summed E-state index contributed by atoms with van der Waals surface area (Å²) in [5.74, 6) is 0.677. The summed E-state index contributed by atoms with van der Waals surface area (Å²) < 4.78 is 7.59. The number of carbonyl (C=O) groups excluding carboxylic acids is 3. The number of anilines is 2. The molecule has 0 radical (unpaired) electrons. The van der Waals surface area contributed by atoms with Crippen molar-refractivity contribution >= 4 is 40.4 Å². The van der Waals surface area contributed by atoms with E-state index in [1.54, 1.807) is 40.8 Å². The van der Waals surface area contributed by atoms with Crippen molar-refractivity contribution < 1.29 is 19.1 Å². The molecule has 1 fully saturated rings. The molecule has 0 spiro atoms. The average molecular weight is 554 g/mol. The molecule has 1 aromatic heterocycles. The summed E-state index contributed by atoms with van der Waals surface area (Å²) in [5.41, 5.74) is 8.96. The number of ether oxygens (including phenoxy) is 1. The van der Waals surface area contributed by atoms with Crippen molar-refractivity contribution in [3.05, 3.63) is 83.9 Å². The Hall–Kier alpha value is -4.66. The van der Waals surface area contributed by atoms with Gasteiger partial charge >= 0.3 is 0 Å². The van der Waals surface area contributed by atoms with Crippen LogP contribution in [0, 0.1) is 5.92 Å². The molecule has 0 unspecified atom stereocenters. The minimum atomic E-state index is -0.455. The Morgan fingerprint density at radius 3 is 2.46 bits per heavy atom. The SMILES string of the molecule is CN(C(=O)CC1CCCC1)c1ccc2c(c1)nc(NC(=O)c1ccc(OCc3ccccc3)cc1)n2CCC(N)=O. The van der Waals surface area contributed by atoms with Crippen LogP contribution in [0.4, 0.5) is 11.6 Å². The zero-order chi connectivity index (χ0) is 28.8. The first-order valence-electron chi connectivity index (χ1n) is 14.0. The third-order valence-corrected chi connectivity index (χ3v) is 7.60. The standard InChI is InChI=1S/C32H35N5O4/c1-36(30(39)19-22-7-5-6-8-22)25-13-16-28-27(20-25)34-32(37(28)18-17-29(33)38)35-31(40)24-11-14-26(15-12-24)41-21-23-9-3-2-4-10-23/h2-4,9-16,20,22H,5-8,17-19,21H2,1H3,(H2,33,38)(H,34,35,40). The number of carbonyl (C=O) groups is 3. The minimum Gasteiger partial charge on any atom is -0.489 e. The molecule has 3 amide bonds. The second kappa shape index (κ2) is 12.7. The zero-order valence-corrected chi connectivity index (χ0v) is 23.2. The van der Waals surface area contributed by atoms with Gasteiger partial charge < -0.3 is 19.9 Å². The number of aromatic nitrogens is 2. The van der Waals surface area contributed by atoms with Gasteiger partial charge in [0.05, 0.1) is 11.0 Å². The van der Waals surface area contributed by atoms with Crippen molar-refractivity contribution in [2.45, 2.75) is 51.7 Å². The largest absolute Gasteiger partial charge is 0.489 e. The monoisotopic (exact) mass is 553 g/mol. The van der Waals surface area contributed by atoms with Crippen LogP contribution >= 0.6 is 0 Å². The van der Waals surface area contributed by atoms with E-state index in [0.717, 1.165) is 29.6 Å². The van der Waals surface area contributed by atoms with E-state index >= 15 is 0 Å². The van der Waals surface area contributed by atoms with Crippen LogP contribution < -0.4 is 20.7 Å². The first kappa shape index (κ1) is 27.9. The van der Waals surface area contributed by atoms with E-state index in [4.69, 9.17) is 10.5 Å². The number of primary amides is 1. The Kier molecular flexibility index (Phi) is 8.62. The summed E-state index contributed by atoms with van der Waals surface area (Å²) in [7, 11) is 1.78. The molecule has 0 saturated heterocycles. The van der Waals surface area contributed by atoms with Crippen molar-refractivity contribution in [1.82, 2.24) is 9.55 Å². The van der Waals surface area contributed by atoms with Crippen molar-refractivity contribution in [2.24, 2.45) is 11.7 Å². The van der Waals surface area contributed by atoms with E-state index < -0.39 is 5.91 Å². The highest BCUT2D eigenvalue weighted by atomic mass is 16.5. The number of nitrogens with zero attached hydrogens (tertiary/aromatic N) is 3. The minimum absolute atomic E-state index is 0.0779. The molecule has 0 bridgehead atoms. The highest BCUT2D eigenvalue weighted by molar-refractivity contribution is 6.04. The first-order chi connectivity index (χ1) is 19.9. The van der Waals surface area contributed by atoms with E-state index in [0.29, 0.717) is 41.7 Å². The smallest absolute Gasteiger partial charge is 0.257 e. The fraction of sp³-hybridized carbons (Fsp3) is 0.312. The first-order valence-corrected chi connectivity index (χ1v) is 14.0. The molecule has 3 N–H and O–H groups in total. The number of imidazole rings is 1. The average Bonchev–Trinajstić information content (AvgIpc) is 3.62. The number of fused-ring (bicyclic) bond motifs is 1. The molecule has 9 heteroatoms. The fourth-order valence-corrected chi connectivity index (χ4v) is 5.23. The van der Waals surface area contributed by atoms with Gasteiger partial charge in [-0.25, -0.2) is 4.98 Å². The molecule has 1 heterocycles. The maximum absolute atomic E-state index is 13.2. The molecule has 1 saturated carbocycles. The number of amides is 3. The predicted octanol–water partition coefficient (Wildman–Crippen LogP) is 5.29. The normalized spacial score (nSPS) is 13.3. The van der Waals surface area contributed by atoms with E-state index in [2.05, 4.69) is 10.3 Å². The Morgan fingerprint density at radius 1 is 1.02 bits per heavy atom. The predicted molar refractivity (Wildman–Crippen MR) is 159 cm³/mol. The second-order valence-electron chi connectivity index (χ2n) is 10.5. The Balaban J connectivity index is 1.32. The Morgan fingerprint density at radius 2 is 1.76 bits per heavy atom. The van der Waals surface area contributed by atoms with Gasteiger partial charge in [-0.15, -0.1) is 0 Å². The van der Waals surface area contributed by atoms with Crippen LogP contribution in [0.1, 0.15) is 54.4 Å². The molecule has 0 atom stereocenters. The number of benzene rings is 3. The zero-order valence-electron chi connectivity index (χ0n) is 23.2. The molecule has 0 aliphatic heterocycles. The number of hydrogen-bond donors (Lipinski definition) is 2. The molecule has 5 rings (SSSR count). The summed E-state index contributed by atoms with van der Waals surface area (Å²) in [6, 6.07) is 22.3.